The van der Waals surface area contributed by atoms with Gasteiger partial charge in [-0.1, -0.05) is 12.1 Å². The van der Waals surface area contributed by atoms with Crippen LogP contribution < -0.4 is 20.5 Å². The van der Waals surface area contributed by atoms with E-state index in [0.29, 0.717) is 41.4 Å². The van der Waals surface area contributed by atoms with Crippen LogP contribution in [0.3, 0.4) is 0 Å². The number of alkyl halides is 3. The summed E-state index contributed by atoms with van der Waals surface area (Å²) in [5.74, 6) is 1.36. The Kier molecular flexibility index (Phi) is 5.40. The molecular weight excluding hydrogens is 397 g/mol. The number of nitrogens with two attached hydrogens (primary N) is 1. The molecule has 1 aromatic heterocycles. The maximum Gasteiger partial charge on any atom is 0.410 e. The average Bonchev–Trinajstić information content (AvgIpc) is 3.16. The molecule has 3 N–H and O–H groups in total. The number of allylic oxidation sites excluding steroid dienone is 1. The number of nitrogens with one attached hydrogen (secondary N) is 1. The van der Waals surface area contributed by atoms with Crippen molar-refractivity contribution in [3.05, 3.63) is 41.6 Å². The Bertz CT molecular complexity index is 954. The van der Waals surface area contributed by atoms with Crippen LogP contribution >= 0.6 is 0 Å². The lowest BCUT2D eigenvalue weighted by molar-refractivity contribution is -0.173. The van der Waals surface area contributed by atoms with Crippen molar-refractivity contribution in [2.24, 2.45) is 5.73 Å². The van der Waals surface area contributed by atoms with Gasteiger partial charge >= 0.3 is 6.18 Å². The third-order valence-electron chi connectivity index (χ3n) is 5.78. The normalized spacial score (nSPS) is 23.9. The number of halogens is 3. The predicted molar refractivity (Wildman–Crippen MR) is 108 cm³/mol. The SMILES string of the molecule is COc1ccc(C2CC(C(F)(F)F)n3nc(C4=CCC(N)CC4)cc3N2)cc1OC. The van der Waals surface area contributed by atoms with Crippen LogP contribution in [0, 0.1) is 0 Å². The van der Waals surface area contributed by atoms with Crippen molar-refractivity contribution in [2.45, 2.75) is 50.0 Å². The quantitative estimate of drug-likeness (QED) is 0.761. The van der Waals surface area contributed by atoms with Gasteiger partial charge < -0.3 is 20.5 Å². The van der Waals surface area contributed by atoms with Gasteiger partial charge in [-0.05, 0) is 42.5 Å². The lowest BCUT2D eigenvalue weighted by Gasteiger charge is -2.33. The number of hydrogen-bond acceptors (Lipinski definition) is 5. The maximum atomic E-state index is 13.9. The van der Waals surface area contributed by atoms with Gasteiger partial charge in [0.1, 0.15) is 5.82 Å². The highest BCUT2D eigenvalue weighted by Crippen LogP contribution is 2.45. The number of ether oxygens (including phenoxy) is 2. The summed E-state index contributed by atoms with van der Waals surface area (Å²) < 4.78 is 53.4. The number of nitrogens with zero attached hydrogens (tertiary/aromatic N) is 2. The van der Waals surface area contributed by atoms with Crippen LogP contribution in [0.1, 0.15) is 49.0 Å². The van der Waals surface area contributed by atoms with E-state index in [4.69, 9.17) is 15.2 Å². The van der Waals surface area contributed by atoms with Gasteiger partial charge in [-0.2, -0.15) is 18.3 Å². The van der Waals surface area contributed by atoms with Crippen molar-refractivity contribution in [1.29, 1.82) is 0 Å². The highest BCUT2D eigenvalue weighted by molar-refractivity contribution is 5.66. The first-order chi connectivity index (χ1) is 14.3. The molecular formula is C21H25F3N4O2. The van der Waals surface area contributed by atoms with E-state index in [1.807, 2.05) is 6.08 Å². The zero-order chi connectivity index (χ0) is 21.5. The molecule has 3 unspecified atom stereocenters. The van der Waals surface area contributed by atoms with E-state index < -0.39 is 18.3 Å². The summed E-state index contributed by atoms with van der Waals surface area (Å²) in [7, 11) is 3.02. The van der Waals surface area contributed by atoms with Crippen LogP contribution in [0.2, 0.25) is 0 Å². The number of methoxy groups -OCH3 is 2. The smallest absolute Gasteiger partial charge is 0.410 e. The fourth-order valence-corrected chi connectivity index (χ4v) is 4.11. The van der Waals surface area contributed by atoms with Gasteiger partial charge in [-0.3, -0.25) is 0 Å². The molecule has 2 heterocycles. The second kappa shape index (κ2) is 7.86. The van der Waals surface area contributed by atoms with E-state index in [1.54, 1.807) is 24.3 Å². The fourth-order valence-electron chi connectivity index (χ4n) is 4.11. The van der Waals surface area contributed by atoms with Crippen molar-refractivity contribution in [2.75, 3.05) is 19.5 Å². The molecule has 3 atom stereocenters. The molecule has 1 aliphatic carbocycles. The third kappa shape index (κ3) is 3.86. The molecule has 9 heteroatoms. The summed E-state index contributed by atoms with van der Waals surface area (Å²) >= 11 is 0. The molecule has 0 spiro atoms. The van der Waals surface area contributed by atoms with Gasteiger partial charge in [0.25, 0.3) is 0 Å². The molecule has 0 saturated carbocycles. The Morgan fingerprint density at radius 2 is 1.93 bits per heavy atom. The monoisotopic (exact) mass is 422 g/mol. The van der Waals surface area contributed by atoms with E-state index in [0.717, 1.165) is 16.7 Å². The van der Waals surface area contributed by atoms with E-state index in [1.165, 1.54) is 14.2 Å². The van der Waals surface area contributed by atoms with Crippen molar-refractivity contribution in [1.82, 2.24) is 9.78 Å². The van der Waals surface area contributed by atoms with E-state index in [-0.39, 0.29) is 12.5 Å². The number of anilines is 1. The van der Waals surface area contributed by atoms with Crippen LogP contribution in [0.15, 0.2) is 30.3 Å². The highest BCUT2D eigenvalue weighted by atomic mass is 19.4. The number of hydrogen-bond donors (Lipinski definition) is 2. The minimum atomic E-state index is -4.42. The summed E-state index contributed by atoms with van der Waals surface area (Å²) in [6.07, 6.45) is -0.375. The van der Waals surface area contributed by atoms with Crippen molar-refractivity contribution >= 4 is 11.4 Å². The Morgan fingerprint density at radius 1 is 1.17 bits per heavy atom. The molecule has 0 bridgehead atoms. The largest absolute Gasteiger partial charge is 0.493 e. The molecule has 4 rings (SSSR count). The molecule has 0 fully saturated rings. The van der Waals surface area contributed by atoms with E-state index in [9.17, 15) is 13.2 Å². The van der Waals surface area contributed by atoms with Crippen molar-refractivity contribution in [3.63, 3.8) is 0 Å². The first-order valence-electron chi connectivity index (χ1n) is 9.90. The van der Waals surface area contributed by atoms with Crippen LogP contribution in [-0.4, -0.2) is 36.2 Å². The number of rotatable bonds is 4. The second-order valence-electron chi connectivity index (χ2n) is 7.73. The molecule has 30 heavy (non-hydrogen) atoms. The summed E-state index contributed by atoms with van der Waals surface area (Å²) in [6, 6.07) is 4.71. The third-order valence-corrected chi connectivity index (χ3v) is 5.78. The molecule has 0 saturated heterocycles. The highest BCUT2D eigenvalue weighted by Gasteiger charge is 2.46. The summed E-state index contributed by atoms with van der Waals surface area (Å²) in [4.78, 5) is 0. The standard InChI is InChI=1S/C21H25F3N4O2/c1-29-17-8-5-13(9-18(17)30-2)15-10-19(21(22,23)24)28-20(26-15)11-16(27-28)12-3-6-14(25)7-4-12/h3,5,8-9,11,14-15,19,26H,4,6-7,10,25H2,1-2H3. The van der Waals surface area contributed by atoms with Crippen LogP contribution in [0.25, 0.3) is 5.57 Å². The lowest BCUT2D eigenvalue weighted by atomic mass is 9.94. The Balaban J connectivity index is 1.69. The molecule has 2 aromatic rings. The van der Waals surface area contributed by atoms with Gasteiger partial charge in [0.05, 0.1) is 26.0 Å². The Morgan fingerprint density at radius 3 is 2.57 bits per heavy atom. The van der Waals surface area contributed by atoms with Crippen LogP contribution in [0.5, 0.6) is 11.5 Å². The molecule has 1 aromatic carbocycles. The predicted octanol–water partition coefficient (Wildman–Crippen LogP) is 4.46. The number of benzene rings is 1. The first-order valence-corrected chi connectivity index (χ1v) is 9.90. The average molecular weight is 422 g/mol. The minimum absolute atomic E-state index is 0.0986. The molecule has 2 aliphatic rings. The molecule has 0 amide bonds. The van der Waals surface area contributed by atoms with Crippen LogP contribution in [0.4, 0.5) is 19.0 Å². The van der Waals surface area contributed by atoms with E-state index in [2.05, 4.69) is 10.4 Å². The van der Waals surface area contributed by atoms with Gasteiger partial charge in [0.15, 0.2) is 17.5 Å². The van der Waals surface area contributed by atoms with Gasteiger partial charge in [0.2, 0.25) is 0 Å². The molecule has 0 radical (unpaired) electrons. The van der Waals surface area contributed by atoms with Gasteiger partial charge in [-0.15, -0.1) is 0 Å². The van der Waals surface area contributed by atoms with Crippen molar-refractivity contribution in [3.8, 4) is 11.5 Å². The molecule has 1 aliphatic heterocycles. The Labute approximate surface area is 172 Å². The zero-order valence-corrected chi connectivity index (χ0v) is 16.9. The topological polar surface area (TPSA) is 74.3 Å². The summed E-state index contributed by atoms with van der Waals surface area (Å²) in [5.41, 5.74) is 8.15. The van der Waals surface area contributed by atoms with Gasteiger partial charge in [-0.25, -0.2) is 4.68 Å². The first kappa shape index (κ1) is 20.6. The minimum Gasteiger partial charge on any atom is -0.493 e. The van der Waals surface area contributed by atoms with E-state index >= 15 is 0 Å². The number of aromatic nitrogens is 2. The number of fused-ring (bicyclic) bond motifs is 1. The maximum absolute atomic E-state index is 13.9. The zero-order valence-electron chi connectivity index (χ0n) is 16.9. The Hall–Kier alpha value is -2.68. The fraction of sp³-hybridized carbons (Fsp3) is 0.476. The summed E-state index contributed by atoms with van der Waals surface area (Å²) in [5, 5.41) is 7.54. The summed E-state index contributed by atoms with van der Waals surface area (Å²) in [6.45, 7) is 0. The lowest BCUT2D eigenvalue weighted by Crippen LogP contribution is -2.35. The second-order valence-corrected chi connectivity index (χ2v) is 7.73. The van der Waals surface area contributed by atoms with Crippen LogP contribution in [-0.2, 0) is 0 Å². The van der Waals surface area contributed by atoms with Crippen molar-refractivity contribution < 1.29 is 22.6 Å². The van der Waals surface area contributed by atoms with Gasteiger partial charge in [0, 0.05) is 18.5 Å². The molecule has 6 nitrogen and oxygen atoms in total. The molecule has 162 valence electrons.